The van der Waals surface area contributed by atoms with Gasteiger partial charge in [-0.15, -0.1) is 0 Å². The van der Waals surface area contributed by atoms with E-state index in [0.717, 1.165) is 5.56 Å². The molecule has 0 aliphatic rings. The van der Waals surface area contributed by atoms with E-state index in [9.17, 15) is 0 Å². The van der Waals surface area contributed by atoms with Gasteiger partial charge in [0.15, 0.2) is 0 Å². The van der Waals surface area contributed by atoms with E-state index in [1.807, 2.05) is 44.2 Å². The van der Waals surface area contributed by atoms with E-state index in [0.29, 0.717) is 12.5 Å². The number of hydrogen-bond donors (Lipinski definition) is 1. The maximum atomic E-state index is 9.05. The lowest BCUT2D eigenvalue weighted by Gasteiger charge is -2.18. The summed E-state index contributed by atoms with van der Waals surface area (Å²) in [6.07, 6.45) is -0.0600. The Bertz CT molecular complexity index is 244. The Labute approximate surface area is 85.5 Å². The van der Waals surface area contributed by atoms with Crippen LogP contribution >= 0.6 is 0 Å². The summed E-state index contributed by atoms with van der Waals surface area (Å²) < 4.78 is 5.59. The summed E-state index contributed by atoms with van der Waals surface area (Å²) in [6.45, 7) is 4.76. The molecule has 0 heterocycles. The van der Waals surface area contributed by atoms with Crippen molar-refractivity contribution in [3.63, 3.8) is 0 Å². The molecular weight excluding hydrogens is 176 g/mol. The van der Waals surface area contributed by atoms with Gasteiger partial charge in [0, 0.05) is 0 Å². The van der Waals surface area contributed by atoms with Crippen LogP contribution in [0.5, 0.6) is 0 Å². The van der Waals surface area contributed by atoms with Gasteiger partial charge in [-0.05, 0) is 11.5 Å². The molecule has 0 bridgehead atoms. The third-order valence-electron chi connectivity index (χ3n) is 2.23. The summed E-state index contributed by atoms with van der Waals surface area (Å²) in [5, 5.41) is 9.05. The van der Waals surface area contributed by atoms with Gasteiger partial charge in [0.1, 0.15) is 0 Å². The van der Waals surface area contributed by atoms with Crippen molar-refractivity contribution in [3.8, 4) is 0 Å². The number of ether oxygens (including phenoxy) is 1. The van der Waals surface area contributed by atoms with Crippen molar-refractivity contribution in [1.29, 1.82) is 0 Å². The first-order valence-electron chi connectivity index (χ1n) is 5.00. The van der Waals surface area contributed by atoms with E-state index in [2.05, 4.69) is 0 Å². The van der Waals surface area contributed by atoms with Crippen LogP contribution < -0.4 is 0 Å². The minimum absolute atomic E-state index is 0.0600. The fraction of sp³-hybridized carbons (Fsp3) is 0.500. The van der Waals surface area contributed by atoms with Crippen molar-refractivity contribution < 1.29 is 9.84 Å². The van der Waals surface area contributed by atoms with Gasteiger partial charge in [-0.25, -0.2) is 0 Å². The zero-order chi connectivity index (χ0) is 10.4. The van der Waals surface area contributed by atoms with Crippen LogP contribution in [0.4, 0.5) is 0 Å². The van der Waals surface area contributed by atoms with Crippen molar-refractivity contribution in [2.75, 3.05) is 6.61 Å². The molecule has 0 radical (unpaired) electrons. The molecule has 0 fully saturated rings. The van der Waals surface area contributed by atoms with Crippen LogP contribution in [-0.2, 0) is 11.3 Å². The zero-order valence-corrected chi connectivity index (χ0v) is 8.81. The molecule has 0 spiro atoms. The summed E-state index contributed by atoms with van der Waals surface area (Å²) in [6, 6.07) is 10.0. The topological polar surface area (TPSA) is 29.5 Å². The molecule has 78 valence electrons. The Balaban J connectivity index is 2.40. The Morgan fingerprint density at radius 1 is 1.21 bits per heavy atom. The summed E-state index contributed by atoms with van der Waals surface area (Å²) in [4.78, 5) is 0. The van der Waals surface area contributed by atoms with E-state index < -0.39 is 0 Å². The Morgan fingerprint density at radius 2 is 1.86 bits per heavy atom. The standard InChI is InChI=1S/C12H18O2/c1-10(2)12(8-13)14-9-11-6-4-3-5-7-11/h3-7,10,12-13H,8-9H2,1-2H3. The smallest absolute Gasteiger partial charge is 0.0833 e. The largest absolute Gasteiger partial charge is 0.394 e. The highest BCUT2D eigenvalue weighted by Crippen LogP contribution is 2.09. The molecule has 1 aromatic rings. The first-order chi connectivity index (χ1) is 6.74. The SMILES string of the molecule is CC(C)C(CO)OCc1ccccc1. The molecule has 0 aliphatic heterocycles. The summed E-state index contributed by atoms with van der Waals surface area (Å²) in [5.74, 6) is 0.351. The van der Waals surface area contributed by atoms with Gasteiger partial charge in [0.25, 0.3) is 0 Å². The van der Waals surface area contributed by atoms with Crippen LogP contribution in [0.2, 0.25) is 0 Å². The monoisotopic (exact) mass is 194 g/mol. The number of rotatable bonds is 5. The van der Waals surface area contributed by atoms with Crippen LogP contribution in [0.3, 0.4) is 0 Å². The van der Waals surface area contributed by atoms with Crippen molar-refractivity contribution in [1.82, 2.24) is 0 Å². The fourth-order valence-electron chi connectivity index (χ4n) is 1.23. The molecular formula is C12H18O2. The number of hydrogen-bond acceptors (Lipinski definition) is 2. The molecule has 0 aromatic heterocycles. The fourth-order valence-corrected chi connectivity index (χ4v) is 1.23. The minimum Gasteiger partial charge on any atom is -0.394 e. The lowest BCUT2D eigenvalue weighted by Crippen LogP contribution is -2.23. The molecule has 1 rings (SSSR count). The lowest BCUT2D eigenvalue weighted by atomic mass is 10.1. The minimum atomic E-state index is -0.0600. The predicted molar refractivity (Wildman–Crippen MR) is 56.9 cm³/mol. The molecule has 2 nitrogen and oxygen atoms in total. The van der Waals surface area contributed by atoms with E-state index in [-0.39, 0.29) is 12.7 Å². The van der Waals surface area contributed by atoms with Gasteiger partial charge in [-0.1, -0.05) is 44.2 Å². The van der Waals surface area contributed by atoms with Crippen LogP contribution in [0.1, 0.15) is 19.4 Å². The molecule has 14 heavy (non-hydrogen) atoms. The number of aliphatic hydroxyl groups excluding tert-OH is 1. The molecule has 1 atom stereocenters. The molecule has 1 N–H and O–H groups in total. The highest BCUT2D eigenvalue weighted by molar-refractivity contribution is 5.13. The van der Waals surface area contributed by atoms with Crippen molar-refractivity contribution in [3.05, 3.63) is 35.9 Å². The highest BCUT2D eigenvalue weighted by atomic mass is 16.5. The molecule has 1 aromatic carbocycles. The number of benzene rings is 1. The summed E-state index contributed by atoms with van der Waals surface area (Å²) >= 11 is 0. The van der Waals surface area contributed by atoms with Crippen LogP contribution in [0, 0.1) is 5.92 Å². The van der Waals surface area contributed by atoms with Gasteiger partial charge in [0.2, 0.25) is 0 Å². The molecule has 2 heteroatoms. The van der Waals surface area contributed by atoms with Gasteiger partial charge < -0.3 is 9.84 Å². The first kappa shape index (κ1) is 11.2. The molecule has 0 saturated carbocycles. The third-order valence-corrected chi connectivity index (χ3v) is 2.23. The Kier molecular flexibility index (Phi) is 4.63. The summed E-state index contributed by atoms with van der Waals surface area (Å²) in [5.41, 5.74) is 1.15. The number of aliphatic hydroxyl groups is 1. The van der Waals surface area contributed by atoms with Gasteiger partial charge in [-0.3, -0.25) is 0 Å². The second-order valence-electron chi connectivity index (χ2n) is 3.76. The average molecular weight is 194 g/mol. The van der Waals surface area contributed by atoms with Crippen LogP contribution in [0.15, 0.2) is 30.3 Å². The molecule has 0 saturated heterocycles. The maximum absolute atomic E-state index is 9.05. The van der Waals surface area contributed by atoms with Gasteiger partial charge in [0.05, 0.1) is 19.3 Å². The van der Waals surface area contributed by atoms with Crippen LogP contribution in [-0.4, -0.2) is 17.8 Å². The second kappa shape index (κ2) is 5.78. The predicted octanol–water partition coefficient (Wildman–Crippen LogP) is 2.22. The third kappa shape index (κ3) is 3.48. The maximum Gasteiger partial charge on any atom is 0.0833 e. The zero-order valence-electron chi connectivity index (χ0n) is 8.81. The van der Waals surface area contributed by atoms with E-state index in [4.69, 9.17) is 9.84 Å². The van der Waals surface area contributed by atoms with E-state index >= 15 is 0 Å². The Morgan fingerprint density at radius 3 is 2.36 bits per heavy atom. The van der Waals surface area contributed by atoms with E-state index in [1.54, 1.807) is 0 Å². The van der Waals surface area contributed by atoms with Gasteiger partial charge in [-0.2, -0.15) is 0 Å². The average Bonchev–Trinajstić information content (AvgIpc) is 2.20. The highest BCUT2D eigenvalue weighted by Gasteiger charge is 2.11. The molecule has 1 unspecified atom stereocenters. The van der Waals surface area contributed by atoms with Crippen LogP contribution in [0.25, 0.3) is 0 Å². The van der Waals surface area contributed by atoms with Gasteiger partial charge >= 0.3 is 0 Å². The second-order valence-corrected chi connectivity index (χ2v) is 3.76. The summed E-state index contributed by atoms with van der Waals surface area (Å²) in [7, 11) is 0. The first-order valence-corrected chi connectivity index (χ1v) is 5.00. The Hall–Kier alpha value is -0.860. The quantitative estimate of drug-likeness (QED) is 0.778. The van der Waals surface area contributed by atoms with Crippen molar-refractivity contribution >= 4 is 0 Å². The lowest BCUT2D eigenvalue weighted by molar-refractivity contribution is -0.0240. The van der Waals surface area contributed by atoms with Crippen molar-refractivity contribution in [2.45, 2.75) is 26.6 Å². The normalized spacial score (nSPS) is 13.1. The van der Waals surface area contributed by atoms with Crippen molar-refractivity contribution in [2.24, 2.45) is 5.92 Å². The molecule has 0 amide bonds. The van der Waals surface area contributed by atoms with E-state index in [1.165, 1.54) is 0 Å². The molecule has 0 aliphatic carbocycles.